The van der Waals surface area contributed by atoms with Gasteiger partial charge in [-0.2, -0.15) is 5.26 Å². The Bertz CT molecular complexity index is 1090. The van der Waals surface area contributed by atoms with Crippen molar-refractivity contribution in [2.24, 2.45) is 0 Å². The number of aromatic nitrogens is 2. The fourth-order valence-electron chi connectivity index (χ4n) is 3.08. The summed E-state index contributed by atoms with van der Waals surface area (Å²) >= 11 is 6.20. The second-order valence-corrected chi connectivity index (χ2v) is 7.48. The quantitative estimate of drug-likeness (QED) is 0.566. The van der Waals surface area contributed by atoms with E-state index in [4.69, 9.17) is 26.0 Å². The van der Waals surface area contributed by atoms with E-state index in [0.29, 0.717) is 33.7 Å². The lowest BCUT2D eigenvalue weighted by atomic mass is 10.2. The lowest BCUT2D eigenvalue weighted by Crippen LogP contribution is -2.41. The molecule has 0 N–H and O–H groups in total. The Hall–Kier alpha value is -3.37. The highest BCUT2D eigenvalue weighted by Gasteiger charge is 2.36. The smallest absolute Gasteiger partial charge is 0.264 e. The third-order valence-corrected chi connectivity index (χ3v) is 5.12. The Labute approximate surface area is 178 Å². The molecule has 1 atom stereocenters. The van der Waals surface area contributed by atoms with Crippen molar-refractivity contribution in [2.75, 3.05) is 0 Å². The molecule has 30 heavy (non-hydrogen) atoms. The number of halogens is 1. The monoisotopic (exact) mass is 422 g/mol. The SMILES string of the molecule is CC(Oc1ccc(C#N)cc1)C(=O)N(Cc1nnc(-c2ccccc2Cl)o1)C1CC1. The Kier molecular flexibility index (Phi) is 5.68. The molecule has 1 aliphatic carbocycles. The highest BCUT2D eigenvalue weighted by atomic mass is 35.5. The molecule has 152 valence electrons. The van der Waals surface area contributed by atoms with E-state index in [1.54, 1.807) is 48.2 Å². The predicted molar refractivity (Wildman–Crippen MR) is 110 cm³/mol. The zero-order valence-electron chi connectivity index (χ0n) is 16.3. The average Bonchev–Trinajstić information content (AvgIpc) is 3.50. The summed E-state index contributed by atoms with van der Waals surface area (Å²) in [5.74, 6) is 1.04. The fourth-order valence-corrected chi connectivity index (χ4v) is 3.29. The van der Waals surface area contributed by atoms with Crippen LogP contribution in [0.15, 0.2) is 52.9 Å². The van der Waals surface area contributed by atoms with E-state index >= 15 is 0 Å². The molecule has 1 aromatic heterocycles. The number of carbonyl (C=O) groups is 1. The van der Waals surface area contributed by atoms with Gasteiger partial charge in [-0.3, -0.25) is 4.79 Å². The number of nitrogens with zero attached hydrogens (tertiary/aromatic N) is 4. The van der Waals surface area contributed by atoms with E-state index in [2.05, 4.69) is 16.3 Å². The van der Waals surface area contributed by atoms with Crippen LogP contribution in [0.3, 0.4) is 0 Å². The summed E-state index contributed by atoms with van der Waals surface area (Å²) in [6.07, 6.45) is 1.17. The van der Waals surface area contributed by atoms with Crippen LogP contribution < -0.4 is 4.74 Å². The van der Waals surface area contributed by atoms with E-state index in [9.17, 15) is 4.79 Å². The summed E-state index contributed by atoms with van der Waals surface area (Å²) in [6, 6.07) is 16.1. The van der Waals surface area contributed by atoms with Gasteiger partial charge in [-0.1, -0.05) is 23.7 Å². The number of carbonyl (C=O) groups excluding carboxylic acids is 1. The number of amides is 1. The van der Waals surface area contributed by atoms with Crippen molar-refractivity contribution in [3.63, 3.8) is 0 Å². The lowest BCUT2D eigenvalue weighted by molar-refractivity contribution is -0.139. The van der Waals surface area contributed by atoms with Crippen LogP contribution in [0.4, 0.5) is 0 Å². The summed E-state index contributed by atoms with van der Waals surface area (Å²) in [5.41, 5.74) is 1.19. The first-order chi connectivity index (χ1) is 14.5. The van der Waals surface area contributed by atoms with Gasteiger partial charge in [0.15, 0.2) is 6.10 Å². The molecular formula is C22H19ClN4O3. The molecule has 0 saturated heterocycles. The van der Waals surface area contributed by atoms with Crippen LogP contribution in [0.25, 0.3) is 11.5 Å². The maximum absolute atomic E-state index is 13.0. The third-order valence-electron chi connectivity index (χ3n) is 4.79. The maximum atomic E-state index is 13.0. The minimum atomic E-state index is -0.690. The van der Waals surface area contributed by atoms with Crippen LogP contribution in [0.2, 0.25) is 5.02 Å². The topological polar surface area (TPSA) is 92.2 Å². The molecular weight excluding hydrogens is 404 g/mol. The number of rotatable bonds is 7. The second-order valence-electron chi connectivity index (χ2n) is 7.07. The molecule has 0 aliphatic heterocycles. The van der Waals surface area contributed by atoms with Crippen LogP contribution in [-0.4, -0.2) is 33.2 Å². The predicted octanol–water partition coefficient (Wildman–Crippen LogP) is 4.22. The van der Waals surface area contributed by atoms with Crippen molar-refractivity contribution in [2.45, 2.75) is 38.5 Å². The Morgan fingerprint density at radius 3 is 2.67 bits per heavy atom. The van der Waals surface area contributed by atoms with Gasteiger partial charge >= 0.3 is 0 Å². The molecule has 0 spiro atoms. The molecule has 1 heterocycles. The summed E-state index contributed by atoms with van der Waals surface area (Å²) < 4.78 is 11.5. The van der Waals surface area contributed by atoms with Gasteiger partial charge in [0.1, 0.15) is 5.75 Å². The van der Waals surface area contributed by atoms with Crippen molar-refractivity contribution in [3.8, 4) is 23.3 Å². The van der Waals surface area contributed by atoms with E-state index < -0.39 is 6.10 Å². The minimum Gasteiger partial charge on any atom is -0.481 e. The largest absolute Gasteiger partial charge is 0.481 e. The highest BCUT2D eigenvalue weighted by Crippen LogP contribution is 2.31. The zero-order chi connectivity index (χ0) is 21.1. The second kappa shape index (κ2) is 8.56. The third kappa shape index (κ3) is 4.44. The van der Waals surface area contributed by atoms with Gasteiger partial charge in [-0.15, -0.1) is 10.2 Å². The molecule has 2 aromatic carbocycles. The van der Waals surface area contributed by atoms with Crippen LogP contribution >= 0.6 is 11.6 Å². The van der Waals surface area contributed by atoms with Gasteiger partial charge in [0, 0.05) is 6.04 Å². The zero-order valence-corrected chi connectivity index (χ0v) is 17.0. The lowest BCUT2D eigenvalue weighted by Gasteiger charge is -2.24. The molecule has 8 heteroatoms. The van der Waals surface area contributed by atoms with Crippen molar-refractivity contribution >= 4 is 17.5 Å². The van der Waals surface area contributed by atoms with Crippen molar-refractivity contribution < 1.29 is 13.9 Å². The first-order valence-corrected chi connectivity index (χ1v) is 9.97. The molecule has 3 aromatic rings. The van der Waals surface area contributed by atoms with E-state index in [1.165, 1.54) is 0 Å². The highest BCUT2D eigenvalue weighted by molar-refractivity contribution is 6.33. The van der Waals surface area contributed by atoms with Gasteiger partial charge in [0.2, 0.25) is 11.8 Å². The number of hydrogen-bond acceptors (Lipinski definition) is 6. The molecule has 4 rings (SSSR count). The van der Waals surface area contributed by atoms with Gasteiger partial charge in [-0.05, 0) is 56.2 Å². The van der Waals surface area contributed by atoms with E-state index in [1.807, 2.05) is 12.1 Å². The number of hydrogen-bond donors (Lipinski definition) is 0. The number of ether oxygens (including phenoxy) is 1. The van der Waals surface area contributed by atoms with Crippen molar-refractivity contribution in [1.29, 1.82) is 5.26 Å². The standard InChI is InChI=1S/C22H19ClN4O3/c1-14(29-17-10-6-15(12-24)7-11-17)22(28)27(16-8-9-16)13-20-25-26-21(30-20)18-4-2-3-5-19(18)23/h2-7,10-11,14,16H,8-9,13H2,1H3. The number of nitriles is 1. The van der Waals surface area contributed by atoms with Gasteiger partial charge in [0.25, 0.3) is 5.91 Å². The average molecular weight is 423 g/mol. The van der Waals surface area contributed by atoms with Crippen LogP contribution in [0.1, 0.15) is 31.2 Å². The van der Waals surface area contributed by atoms with Crippen molar-refractivity contribution in [1.82, 2.24) is 15.1 Å². The molecule has 0 bridgehead atoms. The van der Waals surface area contributed by atoms with Gasteiger partial charge in [-0.25, -0.2) is 0 Å². The fraction of sp³-hybridized carbons (Fsp3) is 0.273. The first kappa shape index (κ1) is 19.9. The molecule has 1 aliphatic rings. The molecule has 1 amide bonds. The van der Waals surface area contributed by atoms with E-state index in [0.717, 1.165) is 12.8 Å². The summed E-state index contributed by atoms with van der Waals surface area (Å²) in [5, 5.41) is 17.6. The number of benzene rings is 2. The minimum absolute atomic E-state index is 0.139. The van der Waals surface area contributed by atoms with Gasteiger partial charge < -0.3 is 14.1 Å². The molecule has 0 radical (unpaired) electrons. The molecule has 1 fully saturated rings. The van der Waals surface area contributed by atoms with Gasteiger partial charge in [0.05, 0.1) is 28.8 Å². The Morgan fingerprint density at radius 1 is 1.27 bits per heavy atom. The Balaban J connectivity index is 1.45. The summed E-state index contributed by atoms with van der Waals surface area (Å²) in [4.78, 5) is 14.7. The molecule has 1 unspecified atom stereocenters. The summed E-state index contributed by atoms with van der Waals surface area (Å²) in [6.45, 7) is 1.92. The van der Waals surface area contributed by atoms with Crippen molar-refractivity contribution in [3.05, 3.63) is 65.0 Å². The van der Waals surface area contributed by atoms with Crippen LogP contribution in [0.5, 0.6) is 5.75 Å². The maximum Gasteiger partial charge on any atom is 0.264 e. The van der Waals surface area contributed by atoms with Crippen LogP contribution in [0, 0.1) is 11.3 Å². The molecule has 7 nitrogen and oxygen atoms in total. The Morgan fingerprint density at radius 2 is 2.00 bits per heavy atom. The first-order valence-electron chi connectivity index (χ1n) is 9.59. The molecule has 1 saturated carbocycles. The van der Waals surface area contributed by atoms with Crippen LogP contribution in [-0.2, 0) is 11.3 Å². The summed E-state index contributed by atoms with van der Waals surface area (Å²) in [7, 11) is 0. The van der Waals surface area contributed by atoms with E-state index in [-0.39, 0.29) is 18.5 Å². The normalized spacial score (nSPS) is 14.0.